The zero-order chi connectivity index (χ0) is 20.1. The molecular weight excluding hydrogens is 391 g/mol. The number of non-ortho nitro benzene ring substituents is 1. The number of nitro groups is 1. The minimum absolute atomic E-state index is 0.0842. The van der Waals surface area contributed by atoms with E-state index in [4.69, 9.17) is 16.3 Å². The third-order valence-electron chi connectivity index (χ3n) is 3.71. The Hall–Kier alpha value is -3.46. The van der Waals surface area contributed by atoms with Crippen molar-refractivity contribution in [1.29, 1.82) is 0 Å². The maximum atomic E-state index is 13.1. The molecule has 0 aliphatic rings. The number of hydrogen-bond donors (Lipinski definition) is 1. The summed E-state index contributed by atoms with van der Waals surface area (Å²) in [4.78, 5) is 22.6. The van der Waals surface area contributed by atoms with Gasteiger partial charge in [0.05, 0.1) is 22.5 Å². The molecule has 0 spiro atoms. The number of ether oxygens (including phenoxy) is 1. The topological polar surface area (TPSA) is 99.3 Å². The molecule has 2 aromatic carbocycles. The molecule has 0 atom stereocenters. The number of nitro benzene ring substituents is 1. The fourth-order valence-electron chi connectivity index (χ4n) is 2.37. The normalized spacial score (nSPS) is 10.5. The van der Waals surface area contributed by atoms with Crippen LogP contribution in [-0.2, 0) is 0 Å². The molecule has 0 aliphatic carbocycles. The smallest absolute Gasteiger partial charge is 0.292 e. The lowest BCUT2D eigenvalue weighted by Crippen LogP contribution is -2.23. The van der Waals surface area contributed by atoms with Crippen molar-refractivity contribution in [3.63, 3.8) is 0 Å². The maximum Gasteiger partial charge on any atom is 0.292 e. The highest BCUT2D eigenvalue weighted by Crippen LogP contribution is 2.18. The predicted octanol–water partition coefficient (Wildman–Crippen LogP) is 3.42. The van der Waals surface area contributed by atoms with E-state index in [9.17, 15) is 19.3 Å². The van der Waals surface area contributed by atoms with Gasteiger partial charge >= 0.3 is 0 Å². The summed E-state index contributed by atoms with van der Waals surface area (Å²) in [5.41, 5.74) is -0.0165. The van der Waals surface area contributed by atoms with Gasteiger partial charge in [0.25, 0.3) is 11.2 Å². The fraction of sp³-hybridized carbons (Fsp3) is 0.111. The summed E-state index contributed by atoms with van der Waals surface area (Å²) in [7, 11) is 0. The van der Waals surface area contributed by atoms with Crippen molar-refractivity contribution in [1.82, 2.24) is 9.78 Å². The van der Waals surface area contributed by atoms with Crippen LogP contribution in [0.25, 0.3) is 5.69 Å². The second-order valence-corrected chi connectivity index (χ2v) is 5.97. The van der Waals surface area contributed by atoms with Gasteiger partial charge in [0, 0.05) is 24.7 Å². The average molecular weight is 405 g/mol. The summed E-state index contributed by atoms with van der Waals surface area (Å²) >= 11 is 6.11. The second kappa shape index (κ2) is 8.49. The number of aromatic nitrogens is 2. The van der Waals surface area contributed by atoms with Gasteiger partial charge in [-0.25, -0.2) is 4.39 Å². The van der Waals surface area contributed by atoms with Crippen LogP contribution >= 0.6 is 11.6 Å². The zero-order valence-corrected chi connectivity index (χ0v) is 15.1. The van der Waals surface area contributed by atoms with Crippen molar-refractivity contribution in [3.8, 4) is 11.4 Å². The van der Waals surface area contributed by atoms with Gasteiger partial charge in [0.15, 0.2) is 0 Å². The predicted molar refractivity (Wildman–Crippen MR) is 102 cm³/mol. The standard InChI is InChI=1S/C18H14ClFN4O4/c19-17-16(21-8-9-28-15-3-1-2-12(20)10-15)11-22-23(18(17)25)13-4-6-14(7-5-13)24(26)27/h1-7,10-11,21H,8-9H2. The van der Waals surface area contributed by atoms with E-state index in [1.807, 2.05) is 0 Å². The Balaban J connectivity index is 1.66. The lowest BCUT2D eigenvalue weighted by molar-refractivity contribution is -0.384. The molecule has 10 heteroatoms. The first-order valence-corrected chi connectivity index (χ1v) is 8.48. The Labute approximate surface area is 163 Å². The van der Waals surface area contributed by atoms with Crippen LogP contribution in [0.5, 0.6) is 5.75 Å². The van der Waals surface area contributed by atoms with Crippen molar-refractivity contribution in [2.45, 2.75) is 0 Å². The number of rotatable bonds is 7. The number of nitrogens with one attached hydrogen (secondary N) is 1. The van der Waals surface area contributed by atoms with Crippen molar-refractivity contribution >= 4 is 23.0 Å². The first-order chi connectivity index (χ1) is 13.5. The molecule has 1 N–H and O–H groups in total. The minimum Gasteiger partial charge on any atom is -0.492 e. The van der Waals surface area contributed by atoms with Gasteiger partial charge in [0.2, 0.25) is 0 Å². The van der Waals surface area contributed by atoms with Crippen LogP contribution in [0.15, 0.2) is 59.5 Å². The number of benzene rings is 2. The first kappa shape index (κ1) is 19.3. The molecule has 0 fully saturated rings. The summed E-state index contributed by atoms with van der Waals surface area (Å²) in [6, 6.07) is 11.1. The van der Waals surface area contributed by atoms with Crippen LogP contribution in [0.1, 0.15) is 0 Å². The van der Waals surface area contributed by atoms with E-state index in [1.54, 1.807) is 6.07 Å². The van der Waals surface area contributed by atoms with Crippen LogP contribution in [0.3, 0.4) is 0 Å². The molecule has 1 heterocycles. The number of halogens is 2. The summed E-state index contributed by atoms with van der Waals surface area (Å²) < 4.78 is 19.5. The SMILES string of the molecule is O=c1c(Cl)c(NCCOc2cccc(F)c2)cnn1-c1ccc([N+](=O)[O-])cc1. The number of hydrogen-bond acceptors (Lipinski definition) is 6. The maximum absolute atomic E-state index is 13.1. The third-order valence-corrected chi connectivity index (χ3v) is 4.07. The van der Waals surface area contributed by atoms with E-state index in [0.29, 0.717) is 23.7 Å². The van der Waals surface area contributed by atoms with Crippen molar-refractivity contribution in [3.05, 3.63) is 86.0 Å². The van der Waals surface area contributed by atoms with Crippen LogP contribution < -0.4 is 15.6 Å². The van der Waals surface area contributed by atoms with Crippen LogP contribution in [-0.4, -0.2) is 27.9 Å². The Morgan fingerprint density at radius 2 is 2.00 bits per heavy atom. The molecule has 8 nitrogen and oxygen atoms in total. The van der Waals surface area contributed by atoms with Gasteiger partial charge in [-0.05, 0) is 24.3 Å². The van der Waals surface area contributed by atoms with E-state index in [2.05, 4.69) is 10.4 Å². The highest BCUT2D eigenvalue weighted by atomic mass is 35.5. The molecule has 0 aliphatic heterocycles. The van der Waals surface area contributed by atoms with Crippen LogP contribution in [0.4, 0.5) is 15.8 Å². The molecule has 0 radical (unpaired) electrons. The Kier molecular flexibility index (Phi) is 5.85. The molecule has 0 bridgehead atoms. The van der Waals surface area contributed by atoms with Gasteiger partial charge in [-0.2, -0.15) is 9.78 Å². The summed E-state index contributed by atoms with van der Waals surface area (Å²) in [5.74, 6) is -0.00725. The average Bonchev–Trinajstić information content (AvgIpc) is 2.68. The van der Waals surface area contributed by atoms with Gasteiger partial charge in [-0.15, -0.1) is 0 Å². The van der Waals surface area contributed by atoms with E-state index >= 15 is 0 Å². The molecule has 0 saturated carbocycles. The van der Waals surface area contributed by atoms with E-state index in [1.165, 1.54) is 48.7 Å². The fourth-order valence-corrected chi connectivity index (χ4v) is 2.56. The van der Waals surface area contributed by atoms with E-state index < -0.39 is 16.3 Å². The second-order valence-electron chi connectivity index (χ2n) is 5.60. The zero-order valence-electron chi connectivity index (χ0n) is 14.3. The minimum atomic E-state index is -0.577. The van der Waals surface area contributed by atoms with Crippen LogP contribution in [0.2, 0.25) is 5.02 Å². The molecule has 0 saturated heterocycles. The summed E-state index contributed by atoms with van der Waals surface area (Å²) in [5, 5.41) is 17.6. The van der Waals surface area contributed by atoms with Crippen molar-refractivity contribution in [2.24, 2.45) is 0 Å². The molecule has 28 heavy (non-hydrogen) atoms. The third kappa shape index (κ3) is 4.44. The summed E-state index contributed by atoms with van der Waals surface area (Å²) in [6.07, 6.45) is 1.37. The number of anilines is 1. The molecule has 144 valence electrons. The molecule has 0 unspecified atom stereocenters. The lowest BCUT2D eigenvalue weighted by atomic mass is 10.3. The number of nitrogens with zero attached hydrogens (tertiary/aromatic N) is 3. The Morgan fingerprint density at radius 3 is 2.68 bits per heavy atom. The van der Waals surface area contributed by atoms with Gasteiger partial charge in [0.1, 0.15) is 23.2 Å². The van der Waals surface area contributed by atoms with Crippen molar-refractivity contribution < 1.29 is 14.1 Å². The molecule has 3 rings (SSSR count). The molecule has 3 aromatic rings. The largest absolute Gasteiger partial charge is 0.492 e. The van der Waals surface area contributed by atoms with E-state index in [-0.39, 0.29) is 17.3 Å². The first-order valence-electron chi connectivity index (χ1n) is 8.10. The molecule has 1 aromatic heterocycles. The lowest BCUT2D eigenvalue weighted by Gasteiger charge is -2.11. The van der Waals surface area contributed by atoms with Gasteiger partial charge in [-0.1, -0.05) is 17.7 Å². The van der Waals surface area contributed by atoms with Crippen LogP contribution in [0, 0.1) is 15.9 Å². The van der Waals surface area contributed by atoms with Gasteiger partial charge in [-0.3, -0.25) is 14.9 Å². The quantitative estimate of drug-likeness (QED) is 0.368. The Morgan fingerprint density at radius 1 is 1.25 bits per heavy atom. The highest BCUT2D eigenvalue weighted by molar-refractivity contribution is 6.32. The summed E-state index contributed by atoms with van der Waals surface area (Å²) in [6.45, 7) is 0.518. The van der Waals surface area contributed by atoms with Gasteiger partial charge < -0.3 is 10.1 Å². The molecule has 0 amide bonds. The van der Waals surface area contributed by atoms with E-state index in [0.717, 1.165) is 4.68 Å². The van der Waals surface area contributed by atoms with Crippen molar-refractivity contribution in [2.75, 3.05) is 18.5 Å². The Bertz CT molecular complexity index is 1060. The monoisotopic (exact) mass is 404 g/mol. The molecular formula is C18H14ClFN4O4. The highest BCUT2D eigenvalue weighted by Gasteiger charge is 2.12.